The van der Waals surface area contributed by atoms with Gasteiger partial charge in [0.05, 0.1) is 26.6 Å². The fraction of sp³-hybridized carbons (Fsp3) is 0.214. The van der Waals surface area contributed by atoms with E-state index in [1.54, 1.807) is 11.3 Å². The van der Waals surface area contributed by atoms with Gasteiger partial charge in [-0.1, -0.05) is 17.7 Å². The first kappa shape index (κ1) is 12.5. The van der Waals surface area contributed by atoms with Crippen molar-refractivity contribution in [2.75, 3.05) is 5.73 Å². The Balaban J connectivity index is 2.38. The summed E-state index contributed by atoms with van der Waals surface area (Å²) in [6.07, 6.45) is 0. The van der Waals surface area contributed by atoms with Crippen molar-refractivity contribution in [1.29, 1.82) is 0 Å². The van der Waals surface area contributed by atoms with Crippen LogP contribution in [0.4, 0.5) is 5.00 Å². The standard InChI is InChI=1S/C14H14ClN3S/c1-7-8(2)19-13(16)11(7)14-17-10-6-4-5-9(15)12(10)18(14)3/h4-6H,16H2,1-3H3. The molecular formula is C14H14ClN3S. The second kappa shape index (κ2) is 4.25. The number of rotatable bonds is 1. The molecule has 0 unspecified atom stereocenters. The predicted octanol–water partition coefficient (Wildman–Crippen LogP) is 4.15. The van der Waals surface area contributed by atoms with Crippen LogP contribution in [0.25, 0.3) is 22.4 Å². The minimum Gasteiger partial charge on any atom is -0.390 e. The fourth-order valence-electron chi connectivity index (χ4n) is 2.38. The molecular weight excluding hydrogens is 278 g/mol. The lowest BCUT2D eigenvalue weighted by Crippen LogP contribution is -1.96. The number of halogens is 1. The van der Waals surface area contributed by atoms with E-state index in [0.717, 1.165) is 27.4 Å². The van der Waals surface area contributed by atoms with Gasteiger partial charge in [-0.15, -0.1) is 11.3 Å². The molecule has 0 aliphatic carbocycles. The summed E-state index contributed by atoms with van der Waals surface area (Å²) in [5.41, 5.74) is 10.2. The number of fused-ring (bicyclic) bond motifs is 1. The predicted molar refractivity (Wildman–Crippen MR) is 82.9 cm³/mol. The number of aromatic nitrogens is 2. The van der Waals surface area contributed by atoms with Crippen molar-refractivity contribution >= 4 is 39.0 Å². The van der Waals surface area contributed by atoms with E-state index in [9.17, 15) is 0 Å². The zero-order valence-electron chi connectivity index (χ0n) is 11.0. The van der Waals surface area contributed by atoms with Crippen molar-refractivity contribution in [3.05, 3.63) is 33.7 Å². The summed E-state index contributed by atoms with van der Waals surface area (Å²) in [6, 6.07) is 5.76. The maximum Gasteiger partial charge on any atom is 0.144 e. The minimum absolute atomic E-state index is 0.710. The summed E-state index contributed by atoms with van der Waals surface area (Å²) in [5, 5.41) is 1.52. The maximum atomic E-state index is 6.26. The molecule has 0 aliphatic heterocycles. The van der Waals surface area contributed by atoms with E-state index in [-0.39, 0.29) is 0 Å². The molecule has 0 fully saturated rings. The molecule has 0 bridgehead atoms. The number of nitrogens with two attached hydrogens (primary N) is 1. The molecule has 2 N–H and O–H groups in total. The molecule has 2 aromatic heterocycles. The average molecular weight is 292 g/mol. The van der Waals surface area contributed by atoms with Crippen LogP contribution in [0.2, 0.25) is 5.02 Å². The van der Waals surface area contributed by atoms with Gasteiger partial charge in [0.2, 0.25) is 0 Å². The highest BCUT2D eigenvalue weighted by molar-refractivity contribution is 7.16. The van der Waals surface area contributed by atoms with Gasteiger partial charge in [-0.25, -0.2) is 4.98 Å². The highest BCUT2D eigenvalue weighted by Gasteiger charge is 2.19. The first-order chi connectivity index (χ1) is 9.00. The van der Waals surface area contributed by atoms with Crippen LogP contribution in [-0.4, -0.2) is 9.55 Å². The third-order valence-electron chi connectivity index (χ3n) is 3.48. The van der Waals surface area contributed by atoms with Gasteiger partial charge in [0.1, 0.15) is 5.82 Å². The maximum absolute atomic E-state index is 6.26. The van der Waals surface area contributed by atoms with Crippen LogP contribution in [-0.2, 0) is 7.05 Å². The molecule has 2 heterocycles. The highest BCUT2D eigenvalue weighted by Crippen LogP contribution is 2.39. The lowest BCUT2D eigenvalue weighted by molar-refractivity contribution is 0.959. The third-order valence-corrected chi connectivity index (χ3v) is 4.82. The monoisotopic (exact) mass is 291 g/mol. The topological polar surface area (TPSA) is 43.8 Å². The first-order valence-electron chi connectivity index (χ1n) is 5.97. The largest absolute Gasteiger partial charge is 0.390 e. The molecule has 3 nitrogen and oxygen atoms in total. The number of nitrogen functional groups attached to an aromatic ring is 1. The van der Waals surface area contributed by atoms with Gasteiger partial charge >= 0.3 is 0 Å². The Morgan fingerprint density at radius 1 is 1.32 bits per heavy atom. The average Bonchev–Trinajstić information content (AvgIpc) is 2.79. The lowest BCUT2D eigenvalue weighted by Gasteiger charge is -2.04. The van der Waals surface area contributed by atoms with E-state index in [4.69, 9.17) is 17.3 Å². The van der Waals surface area contributed by atoms with E-state index in [1.165, 1.54) is 10.4 Å². The summed E-state index contributed by atoms with van der Waals surface area (Å²) in [5.74, 6) is 0.877. The SMILES string of the molecule is Cc1sc(N)c(-c2nc3cccc(Cl)c3n2C)c1C. The first-order valence-corrected chi connectivity index (χ1v) is 7.17. The Bertz CT molecular complexity index is 786. The molecule has 98 valence electrons. The molecule has 19 heavy (non-hydrogen) atoms. The van der Waals surface area contributed by atoms with Crippen LogP contribution in [0.5, 0.6) is 0 Å². The van der Waals surface area contributed by atoms with Crippen molar-refractivity contribution in [1.82, 2.24) is 9.55 Å². The number of imidazole rings is 1. The van der Waals surface area contributed by atoms with Crippen LogP contribution in [0.1, 0.15) is 10.4 Å². The number of hydrogen-bond acceptors (Lipinski definition) is 3. The van der Waals surface area contributed by atoms with Crippen LogP contribution in [0, 0.1) is 13.8 Å². The summed E-state index contributed by atoms with van der Waals surface area (Å²) in [6.45, 7) is 4.16. The molecule has 0 radical (unpaired) electrons. The number of hydrogen-bond donors (Lipinski definition) is 1. The van der Waals surface area contributed by atoms with Crippen molar-refractivity contribution < 1.29 is 0 Å². The number of aryl methyl sites for hydroxylation is 2. The molecule has 3 aromatic rings. The molecule has 3 rings (SSSR count). The van der Waals surface area contributed by atoms with Crippen molar-refractivity contribution in [3.8, 4) is 11.4 Å². The summed E-state index contributed by atoms with van der Waals surface area (Å²) >= 11 is 7.86. The number of nitrogens with zero attached hydrogens (tertiary/aromatic N) is 2. The normalized spacial score (nSPS) is 11.4. The molecule has 0 saturated heterocycles. The van der Waals surface area contributed by atoms with Crippen LogP contribution >= 0.6 is 22.9 Å². The van der Waals surface area contributed by atoms with Crippen molar-refractivity contribution in [2.24, 2.45) is 7.05 Å². The highest BCUT2D eigenvalue weighted by atomic mass is 35.5. The zero-order chi connectivity index (χ0) is 13.7. The summed E-state index contributed by atoms with van der Waals surface area (Å²) in [4.78, 5) is 5.91. The van der Waals surface area contributed by atoms with E-state index >= 15 is 0 Å². The van der Waals surface area contributed by atoms with Gasteiger partial charge in [-0.05, 0) is 31.5 Å². The van der Waals surface area contributed by atoms with Crippen LogP contribution in [0.15, 0.2) is 18.2 Å². The zero-order valence-corrected chi connectivity index (χ0v) is 12.6. The van der Waals surface area contributed by atoms with E-state index in [1.807, 2.05) is 29.8 Å². The molecule has 1 aromatic carbocycles. The molecule has 5 heteroatoms. The van der Waals surface area contributed by atoms with Crippen LogP contribution in [0.3, 0.4) is 0 Å². The van der Waals surface area contributed by atoms with Crippen LogP contribution < -0.4 is 5.73 Å². The number of benzene rings is 1. The second-order valence-electron chi connectivity index (χ2n) is 4.62. The van der Waals surface area contributed by atoms with Gasteiger partial charge in [-0.2, -0.15) is 0 Å². The summed E-state index contributed by atoms with van der Waals surface area (Å²) < 4.78 is 2.02. The molecule has 0 atom stereocenters. The molecule has 0 spiro atoms. The smallest absolute Gasteiger partial charge is 0.144 e. The number of thiophene rings is 1. The quantitative estimate of drug-likeness (QED) is 0.732. The summed E-state index contributed by atoms with van der Waals surface area (Å²) in [7, 11) is 1.97. The Kier molecular flexibility index (Phi) is 2.80. The number of para-hydroxylation sites is 1. The minimum atomic E-state index is 0.710. The van der Waals surface area contributed by atoms with Gasteiger partial charge < -0.3 is 10.3 Å². The second-order valence-corrected chi connectivity index (χ2v) is 6.29. The Labute approximate surface area is 120 Å². The fourth-order valence-corrected chi connectivity index (χ4v) is 3.60. The lowest BCUT2D eigenvalue weighted by atomic mass is 10.1. The molecule has 0 saturated carbocycles. The van der Waals surface area contributed by atoms with E-state index < -0.39 is 0 Å². The van der Waals surface area contributed by atoms with Gasteiger partial charge in [-0.3, -0.25) is 0 Å². The third kappa shape index (κ3) is 1.75. The number of anilines is 1. The van der Waals surface area contributed by atoms with Crippen molar-refractivity contribution in [3.63, 3.8) is 0 Å². The van der Waals surface area contributed by atoms with Gasteiger partial charge in [0.25, 0.3) is 0 Å². The Morgan fingerprint density at radius 2 is 2.05 bits per heavy atom. The van der Waals surface area contributed by atoms with Gasteiger partial charge in [0, 0.05) is 11.9 Å². The van der Waals surface area contributed by atoms with E-state index in [2.05, 4.69) is 18.8 Å². The molecule has 0 aliphatic rings. The Hall–Kier alpha value is -1.52. The van der Waals surface area contributed by atoms with E-state index in [0.29, 0.717) is 5.02 Å². The Morgan fingerprint density at radius 3 is 2.63 bits per heavy atom. The van der Waals surface area contributed by atoms with Crippen molar-refractivity contribution in [2.45, 2.75) is 13.8 Å². The molecule has 0 amide bonds. The van der Waals surface area contributed by atoms with Gasteiger partial charge in [0.15, 0.2) is 0 Å².